The number of fused-ring (bicyclic) bond motifs is 1. The molecule has 30 heavy (non-hydrogen) atoms. The predicted molar refractivity (Wildman–Crippen MR) is 110 cm³/mol. The van der Waals surface area contributed by atoms with E-state index in [1.807, 2.05) is 6.07 Å². The number of aryl methyl sites for hydroxylation is 1. The Morgan fingerprint density at radius 3 is 2.50 bits per heavy atom. The van der Waals surface area contributed by atoms with Crippen LogP contribution in [-0.4, -0.2) is 24.3 Å². The number of H-pyrrole nitrogens is 1. The fourth-order valence-electron chi connectivity index (χ4n) is 3.08. The number of halogens is 1. The summed E-state index contributed by atoms with van der Waals surface area (Å²) in [5.41, 5.74) is 2.20. The van der Waals surface area contributed by atoms with Gasteiger partial charge in [-0.3, -0.25) is 9.78 Å². The second kappa shape index (κ2) is 7.72. The van der Waals surface area contributed by atoms with Crippen molar-refractivity contribution < 1.29 is 17.6 Å². The molecule has 8 heteroatoms. The molecule has 0 aliphatic heterocycles. The van der Waals surface area contributed by atoms with E-state index < -0.39 is 15.7 Å². The van der Waals surface area contributed by atoms with E-state index in [4.69, 9.17) is 0 Å². The monoisotopic (exact) mass is 423 g/mol. The summed E-state index contributed by atoms with van der Waals surface area (Å²) < 4.78 is 38.9. The number of nitrogens with zero attached hydrogens (tertiary/aromatic N) is 1. The highest BCUT2D eigenvalue weighted by Crippen LogP contribution is 2.23. The summed E-state index contributed by atoms with van der Waals surface area (Å²) in [7, 11) is -3.75. The fraction of sp³-hybridized carbons (Fsp3) is 0.0909. The first-order chi connectivity index (χ1) is 14.3. The fourth-order valence-corrected chi connectivity index (χ4v) is 4.42. The Bertz CT molecular complexity index is 1310. The normalized spacial score (nSPS) is 11.5. The summed E-state index contributed by atoms with van der Waals surface area (Å²) in [5.74, 6) is -0.726. The van der Waals surface area contributed by atoms with Gasteiger partial charge in [0.1, 0.15) is 11.5 Å². The first-order valence-corrected chi connectivity index (χ1v) is 10.6. The van der Waals surface area contributed by atoms with Gasteiger partial charge in [0, 0.05) is 18.1 Å². The molecular formula is C22H18FN3O3S. The second-order valence-corrected chi connectivity index (χ2v) is 8.84. The Hall–Kier alpha value is -3.52. The van der Waals surface area contributed by atoms with E-state index in [2.05, 4.69) is 15.3 Å². The highest BCUT2D eigenvalue weighted by atomic mass is 32.2. The van der Waals surface area contributed by atoms with Crippen LogP contribution in [0, 0.1) is 12.7 Å². The standard InChI is InChI=1S/C22H18FN3O3S/c1-14-10-18(6-7-19(14)23)30(28,29)17-4-2-15(3-5-17)12-25-22(27)20-11-16-8-9-24-13-21(16)26-20/h2-11,13,26H,12H2,1H3,(H,25,27). The zero-order chi connectivity index (χ0) is 21.3. The summed E-state index contributed by atoms with van der Waals surface area (Å²) in [6, 6.07) is 13.5. The zero-order valence-electron chi connectivity index (χ0n) is 16.0. The molecule has 0 fully saturated rings. The van der Waals surface area contributed by atoms with Gasteiger partial charge >= 0.3 is 0 Å². The lowest BCUT2D eigenvalue weighted by molar-refractivity contribution is 0.0946. The first kappa shape index (κ1) is 19.8. The van der Waals surface area contributed by atoms with E-state index in [1.165, 1.54) is 31.2 Å². The molecule has 0 spiro atoms. The number of carbonyl (C=O) groups excluding carboxylic acids is 1. The lowest BCUT2D eigenvalue weighted by Crippen LogP contribution is -2.23. The van der Waals surface area contributed by atoms with Crippen molar-refractivity contribution in [3.05, 3.63) is 89.6 Å². The number of carbonyl (C=O) groups is 1. The molecule has 0 aliphatic carbocycles. The van der Waals surface area contributed by atoms with Crippen LogP contribution >= 0.6 is 0 Å². The molecule has 2 aromatic carbocycles. The van der Waals surface area contributed by atoms with Crippen molar-refractivity contribution in [2.75, 3.05) is 0 Å². The van der Waals surface area contributed by atoms with E-state index in [0.717, 1.165) is 22.5 Å². The number of amides is 1. The molecule has 1 amide bonds. The number of nitrogens with one attached hydrogen (secondary N) is 2. The molecule has 0 atom stereocenters. The van der Waals surface area contributed by atoms with Crippen LogP contribution in [0.15, 0.2) is 76.8 Å². The number of hydrogen-bond donors (Lipinski definition) is 2. The average Bonchev–Trinajstić information content (AvgIpc) is 3.18. The zero-order valence-corrected chi connectivity index (χ0v) is 16.8. The number of hydrogen-bond acceptors (Lipinski definition) is 4. The van der Waals surface area contributed by atoms with Crippen molar-refractivity contribution in [1.29, 1.82) is 0 Å². The van der Waals surface area contributed by atoms with Crippen molar-refractivity contribution in [2.45, 2.75) is 23.3 Å². The number of rotatable bonds is 5. The number of benzene rings is 2. The Morgan fingerprint density at radius 1 is 1.07 bits per heavy atom. The Kier molecular flexibility index (Phi) is 5.09. The molecule has 2 heterocycles. The van der Waals surface area contributed by atoms with Crippen molar-refractivity contribution in [3.8, 4) is 0 Å². The van der Waals surface area contributed by atoms with E-state index in [0.29, 0.717) is 5.69 Å². The number of sulfone groups is 1. The van der Waals surface area contributed by atoms with Gasteiger partial charge in [0.2, 0.25) is 9.84 Å². The maximum atomic E-state index is 13.4. The highest BCUT2D eigenvalue weighted by molar-refractivity contribution is 7.91. The molecule has 4 aromatic rings. The molecule has 0 saturated heterocycles. The second-order valence-electron chi connectivity index (χ2n) is 6.89. The van der Waals surface area contributed by atoms with Gasteiger partial charge < -0.3 is 10.3 Å². The molecule has 2 N–H and O–H groups in total. The average molecular weight is 423 g/mol. The van der Waals surface area contributed by atoms with Gasteiger partial charge in [-0.05, 0) is 60.5 Å². The minimum atomic E-state index is -3.75. The molecule has 0 saturated carbocycles. The number of pyridine rings is 1. The van der Waals surface area contributed by atoms with Gasteiger partial charge in [0.25, 0.3) is 5.91 Å². The maximum absolute atomic E-state index is 13.4. The van der Waals surface area contributed by atoms with E-state index in [-0.39, 0.29) is 27.8 Å². The lowest BCUT2D eigenvalue weighted by Gasteiger charge is -2.08. The first-order valence-electron chi connectivity index (χ1n) is 9.16. The topological polar surface area (TPSA) is 91.9 Å². The number of aromatic nitrogens is 2. The van der Waals surface area contributed by atoms with Gasteiger partial charge in [-0.1, -0.05) is 12.1 Å². The third kappa shape index (κ3) is 3.81. The third-order valence-corrected chi connectivity index (χ3v) is 6.56. The van der Waals surface area contributed by atoms with Gasteiger partial charge in [0.15, 0.2) is 0 Å². The SMILES string of the molecule is Cc1cc(S(=O)(=O)c2ccc(CNC(=O)c3cc4ccncc4[nH]3)cc2)ccc1F. The molecule has 0 unspecified atom stereocenters. The van der Waals surface area contributed by atoms with Crippen molar-refractivity contribution in [1.82, 2.24) is 15.3 Å². The van der Waals surface area contributed by atoms with Crippen LogP contribution in [0.3, 0.4) is 0 Å². The molecule has 0 bridgehead atoms. The van der Waals surface area contributed by atoms with Crippen LogP contribution in [0.1, 0.15) is 21.6 Å². The van der Waals surface area contributed by atoms with Gasteiger partial charge in [-0.25, -0.2) is 12.8 Å². The number of aromatic amines is 1. The molecular weight excluding hydrogens is 405 g/mol. The molecule has 0 radical (unpaired) electrons. The Labute approximate surface area is 172 Å². The van der Waals surface area contributed by atoms with Crippen LogP contribution in [0.25, 0.3) is 10.9 Å². The van der Waals surface area contributed by atoms with Crippen LogP contribution < -0.4 is 5.32 Å². The molecule has 0 aliphatic rings. The van der Waals surface area contributed by atoms with Crippen molar-refractivity contribution >= 4 is 26.6 Å². The predicted octanol–water partition coefficient (Wildman–Crippen LogP) is 3.77. The van der Waals surface area contributed by atoms with Crippen LogP contribution in [0.2, 0.25) is 0 Å². The van der Waals surface area contributed by atoms with Gasteiger partial charge in [-0.2, -0.15) is 0 Å². The third-order valence-electron chi connectivity index (χ3n) is 4.80. The minimum Gasteiger partial charge on any atom is -0.349 e. The van der Waals surface area contributed by atoms with Gasteiger partial charge in [-0.15, -0.1) is 0 Å². The van der Waals surface area contributed by atoms with Gasteiger partial charge in [0.05, 0.1) is 21.5 Å². The smallest absolute Gasteiger partial charge is 0.267 e. The summed E-state index contributed by atoms with van der Waals surface area (Å²) in [6.45, 7) is 1.76. The highest BCUT2D eigenvalue weighted by Gasteiger charge is 2.18. The quantitative estimate of drug-likeness (QED) is 0.478. The maximum Gasteiger partial charge on any atom is 0.267 e. The Balaban J connectivity index is 1.46. The summed E-state index contributed by atoms with van der Waals surface area (Å²) in [4.78, 5) is 19.5. The van der Waals surface area contributed by atoms with E-state index >= 15 is 0 Å². The van der Waals surface area contributed by atoms with Crippen molar-refractivity contribution in [3.63, 3.8) is 0 Å². The molecule has 152 valence electrons. The van der Waals surface area contributed by atoms with Crippen LogP contribution in [0.4, 0.5) is 4.39 Å². The summed E-state index contributed by atoms with van der Waals surface area (Å²) in [6.07, 6.45) is 3.30. The van der Waals surface area contributed by atoms with Crippen molar-refractivity contribution in [2.24, 2.45) is 0 Å². The molecule has 4 rings (SSSR count). The minimum absolute atomic E-state index is 0.0377. The molecule has 6 nitrogen and oxygen atoms in total. The van der Waals surface area contributed by atoms with Crippen LogP contribution in [-0.2, 0) is 16.4 Å². The summed E-state index contributed by atoms with van der Waals surface area (Å²) in [5, 5.41) is 3.69. The lowest BCUT2D eigenvalue weighted by atomic mass is 10.2. The van der Waals surface area contributed by atoms with Crippen LogP contribution in [0.5, 0.6) is 0 Å². The summed E-state index contributed by atoms with van der Waals surface area (Å²) >= 11 is 0. The molecule has 2 aromatic heterocycles. The largest absolute Gasteiger partial charge is 0.349 e. The van der Waals surface area contributed by atoms with E-state index in [9.17, 15) is 17.6 Å². The van der Waals surface area contributed by atoms with E-state index in [1.54, 1.807) is 30.6 Å². The Morgan fingerprint density at radius 2 is 1.80 bits per heavy atom.